The number of methoxy groups -OCH3 is 2. The Hall–Kier alpha value is -3.02. The van der Waals surface area contributed by atoms with Gasteiger partial charge in [-0.3, -0.25) is 0 Å². The molecule has 0 unspecified atom stereocenters. The number of hydrogen-bond acceptors (Lipinski definition) is 5. The van der Waals surface area contributed by atoms with E-state index in [2.05, 4.69) is 0 Å². The molecule has 0 aromatic heterocycles. The topological polar surface area (TPSA) is 62.2 Å². The summed E-state index contributed by atoms with van der Waals surface area (Å²) in [7, 11) is 3.18. The Kier molecular flexibility index (Phi) is 7.11. The van der Waals surface area contributed by atoms with Gasteiger partial charge in [-0.05, 0) is 23.3 Å². The van der Waals surface area contributed by atoms with E-state index < -0.39 is 12.2 Å². The summed E-state index contributed by atoms with van der Waals surface area (Å²) < 4.78 is 10.8. The normalized spacial score (nSPS) is 12.8. The molecule has 152 valence electrons. The van der Waals surface area contributed by atoms with E-state index in [0.717, 1.165) is 16.8 Å². The number of hydrogen-bond donors (Lipinski definition) is 2. The number of rotatable bonds is 9. The van der Waals surface area contributed by atoms with Gasteiger partial charge in [-0.25, -0.2) is 0 Å². The fourth-order valence-corrected chi connectivity index (χ4v) is 3.29. The standard InChI is InChI=1S/C24H27NO4/c1-28-23-14-13-20(15-24(23)29-2)25(16-21(26)18-9-5-3-6-10-18)17-22(27)19-11-7-4-8-12-19/h3-15,21-22,26-27H,16-17H2,1-2H3/t21-,22-/m0/s1. The van der Waals surface area contributed by atoms with Gasteiger partial charge in [-0.15, -0.1) is 0 Å². The second-order valence-electron chi connectivity index (χ2n) is 6.80. The van der Waals surface area contributed by atoms with Gasteiger partial charge >= 0.3 is 0 Å². The summed E-state index contributed by atoms with van der Waals surface area (Å²) in [5.41, 5.74) is 2.48. The van der Waals surface area contributed by atoms with Gasteiger partial charge in [-0.1, -0.05) is 60.7 Å². The lowest BCUT2D eigenvalue weighted by Crippen LogP contribution is -2.32. The molecule has 0 fully saturated rings. The number of aliphatic hydroxyl groups is 2. The minimum Gasteiger partial charge on any atom is -0.493 e. The van der Waals surface area contributed by atoms with E-state index in [1.165, 1.54) is 0 Å². The van der Waals surface area contributed by atoms with E-state index in [9.17, 15) is 10.2 Å². The molecule has 3 rings (SSSR count). The molecular weight excluding hydrogens is 366 g/mol. The summed E-state index contributed by atoms with van der Waals surface area (Å²) in [4.78, 5) is 1.96. The van der Waals surface area contributed by atoms with E-state index in [-0.39, 0.29) is 0 Å². The Labute approximate surface area is 171 Å². The highest BCUT2D eigenvalue weighted by Gasteiger charge is 2.20. The molecule has 0 radical (unpaired) electrons. The number of anilines is 1. The van der Waals surface area contributed by atoms with Gasteiger partial charge in [0.25, 0.3) is 0 Å². The number of ether oxygens (including phenoxy) is 2. The van der Waals surface area contributed by atoms with Gasteiger partial charge in [0.1, 0.15) is 0 Å². The van der Waals surface area contributed by atoms with Crippen molar-refractivity contribution in [2.24, 2.45) is 0 Å². The molecule has 5 heteroatoms. The zero-order valence-corrected chi connectivity index (χ0v) is 16.7. The maximum absolute atomic E-state index is 10.8. The molecule has 0 spiro atoms. The van der Waals surface area contributed by atoms with E-state index in [1.807, 2.05) is 83.8 Å². The van der Waals surface area contributed by atoms with E-state index in [4.69, 9.17) is 9.47 Å². The van der Waals surface area contributed by atoms with Gasteiger partial charge in [0, 0.05) is 24.8 Å². The highest BCUT2D eigenvalue weighted by molar-refractivity contribution is 5.57. The smallest absolute Gasteiger partial charge is 0.162 e. The van der Waals surface area contributed by atoms with Crippen LogP contribution in [0.2, 0.25) is 0 Å². The highest BCUT2D eigenvalue weighted by atomic mass is 16.5. The summed E-state index contributed by atoms with van der Waals surface area (Å²) in [5, 5.41) is 21.6. The molecule has 2 atom stereocenters. The third-order valence-corrected chi connectivity index (χ3v) is 4.89. The fraction of sp³-hybridized carbons (Fsp3) is 0.250. The Morgan fingerprint density at radius 3 is 1.62 bits per heavy atom. The molecule has 0 aliphatic rings. The molecule has 3 aromatic carbocycles. The quantitative estimate of drug-likeness (QED) is 0.576. The van der Waals surface area contributed by atoms with Crippen LogP contribution in [0.3, 0.4) is 0 Å². The van der Waals surface area contributed by atoms with Crippen molar-refractivity contribution in [3.05, 3.63) is 90.0 Å². The van der Waals surface area contributed by atoms with Crippen LogP contribution in [0.4, 0.5) is 5.69 Å². The minimum atomic E-state index is -0.702. The third-order valence-electron chi connectivity index (χ3n) is 4.89. The van der Waals surface area contributed by atoms with Crippen LogP contribution < -0.4 is 14.4 Å². The summed E-state index contributed by atoms with van der Waals surface area (Å²) in [6, 6.07) is 24.6. The molecule has 5 nitrogen and oxygen atoms in total. The highest BCUT2D eigenvalue weighted by Crippen LogP contribution is 2.33. The molecule has 0 aliphatic heterocycles. The van der Waals surface area contributed by atoms with Crippen molar-refractivity contribution in [1.29, 1.82) is 0 Å². The van der Waals surface area contributed by atoms with Crippen LogP contribution in [-0.2, 0) is 0 Å². The van der Waals surface area contributed by atoms with Crippen molar-refractivity contribution < 1.29 is 19.7 Å². The van der Waals surface area contributed by atoms with Gasteiger partial charge in [0.15, 0.2) is 11.5 Å². The molecule has 3 aromatic rings. The van der Waals surface area contributed by atoms with Crippen molar-refractivity contribution in [1.82, 2.24) is 0 Å². The first-order chi connectivity index (χ1) is 14.1. The summed E-state index contributed by atoms with van der Waals surface area (Å²) in [5.74, 6) is 1.22. The van der Waals surface area contributed by atoms with Gasteiger partial charge in [0.2, 0.25) is 0 Å². The number of benzene rings is 3. The predicted octanol–water partition coefficient (Wildman–Crippen LogP) is 3.98. The zero-order chi connectivity index (χ0) is 20.6. The lowest BCUT2D eigenvalue weighted by atomic mass is 10.1. The second kappa shape index (κ2) is 9.96. The van der Waals surface area contributed by atoms with Crippen molar-refractivity contribution in [3.63, 3.8) is 0 Å². The summed E-state index contributed by atoms with van der Waals surface area (Å²) >= 11 is 0. The SMILES string of the molecule is COc1ccc(N(C[C@H](O)c2ccccc2)C[C@H](O)c2ccccc2)cc1OC. The lowest BCUT2D eigenvalue weighted by molar-refractivity contribution is 0.161. The maximum Gasteiger partial charge on any atom is 0.162 e. The maximum atomic E-state index is 10.8. The van der Waals surface area contributed by atoms with Crippen LogP contribution >= 0.6 is 0 Å². The predicted molar refractivity (Wildman–Crippen MR) is 115 cm³/mol. The van der Waals surface area contributed by atoms with Gasteiger partial charge < -0.3 is 24.6 Å². The minimum absolute atomic E-state index is 0.323. The molecule has 2 N–H and O–H groups in total. The Morgan fingerprint density at radius 2 is 1.17 bits per heavy atom. The molecular formula is C24H27NO4. The first-order valence-electron chi connectivity index (χ1n) is 9.55. The molecule has 0 bridgehead atoms. The van der Waals surface area contributed by atoms with Crippen molar-refractivity contribution in [3.8, 4) is 11.5 Å². The average molecular weight is 393 g/mol. The first kappa shape index (κ1) is 20.7. The molecule has 0 saturated carbocycles. The Balaban J connectivity index is 1.88. The molecule has 0 aliphatic carbocycles. The van der Waals surface area contributed by atoms with Crippen LogP contribution in [0, 0.1) is 0 Å². The number of aliphatic hydroxyl groups excluding tert-OH is 2. The van der Waals surface area contributed by atoms with Crippen molar-refractivity contribution in [2.75, 3.05) is 32.2 Å². The van der Waals surface area contributed by atoms with Gasteiger partial charge in [0.05, 0.1) is 26.4 Å². The molecule has 29 heavy (non-hydrogen) atoms. The Bertz CT molecular complexity index is 838. The summed E-state index contributed by atoms with van der Waals surface area (Å²) in [6.07, 6.45) is -1.40. The average Bonchev–Trinajstić information content (AvgIpc) is 2.79. The van der Waals surface area contributed by atoms with E-state index in [1.54, 1.807) is 14.2 Å². The van der Waals surface area contributed by atoms with E-state index >= 15 is 0 Å². The molecule has 0 saturated heterocycles. The molecule has 0 heterocycles. The van der Waals surface area contributed by atoms with Crippen LogP contribution in [0.15, 0.2) is 78.9 Å². The van der Waals surface area contributed by atoms with Crippen molar-refractivity contribution >= 4 is 5.69 Å². The zero-order valence-electron chi connectivity index (χ0n) is 16.7. The first-order valence-corrected chi connectivity index (χ1v) is 9.55. The van der Waals surface area contributed by atoms with Crippen LogP contribution in [0.5, 0.6) is 11.5 Å². The molecule has 0 amide bonds. The summed E-state index contributed by atoms with van der Waals surface area (Å²) in [6.45, 7) is 0.646. The van der Waals surface area contributed by atoms with Crippen LogP contribution in [0.25, 0.3) is 0 Å². The fourth-order valence-electron chi connectivity index (χ4n) is 3.29. The van der Waals surface area contributed by atoms with E-state index in [0.29, 0.717) is 24.6 Å². The van der Waals surface area contributed by atoms with Crippen molar-refractivity contribution in [2.45, 2.75) is 12.2 Å². The largest absolute Gasteiger partial charge is 0.493 e. The van der Waals surface area contributed by atoms with Gasteiger partial charge in [-0.2, -0.15) is 0 Å². The Morgan fingerprint density at radius 1 is 0.690 bits per heavy atom. The lowest BCUT2D eigenvalue weighted by Gasteiger charge is -2.30. The number of nitrogens with zero attached hydrogens (tertiary/aromatic N) is 1. The third kappa shape index (κ3) is 5.28. The monoisotopic (exact) mass is 393 g/mol. The second-order valence-corrected chi connectivity index (χ2v) is 6.80. The van der Waals surface area contributed by atoms with Crippen LogP contribution in [0.1, 0.15) is 23.3 Å². The van der Waals surface area contributed by atoms with Crippen LogP contribution in [-0.4, -0.2) is 37.5 Å².